The Morgan fingerprint density at radius 3 is 2.59 bits per heavy atom. The van der Waals surface area contributed by atoms with Crippen LogP contribution in [0.4, 0.5) is 0 Å². The van der Waals surface area contributed by atoms with Gasteiger partial charge >= 0.3 is 0 Å². The minimum atomic E-state index is -0.337. The van der Waals surface area contributed by atoms with Gasteiger partial charge in [0, 0.05) is 34.1 Å². The molecule has 0 aliphatic heterocycles. The zero-order chi connectivity index (χ0) is 12.6. The fraction of sp³-hybridized carbons (Fsp3) is 0.429. The van der Waals surface area contributed by atoms with E-state index < -0.39 is 0 Å². The minimum absolute atomic E-state index is 0.337. The van der Waals surface area contributed by atoms with E-state index in [9.17, 15) is 5.11 Å². The number of fused-ring (bicyclic) bond motifs is 1. The molecule has 0 saturated carbocycles. The third-order valence-corrected chi connectivity index (χ3v) is 3.26. The molecule has 0 amide bonds. The lowest BCUT2D eigenvalue weighted by Crippen LogP contribution is -2.11. The highest BCUT2D eigenvalue weighted by atomic mass is 35.5. The fourth-order valence-electron chi connectivity index (χ4n) is 2.34. The summed E-state index contributed by atoms with van der Waals surface area (Å²) in [6.45, 7) is 6.10. The van der Waals surface area contributed by atoms with Crippen molar-refractivity contribution in [3.63, 3.8) is 0 Å². The molecule has 1 heterocycles. The van der Waals surface area contributed by atoms with Crippen LogP contribution in [0.15, 0.2) is 24.3 Å². The van der Waals surface area contributed by atoms with Crippen molar-refractivity contribution in [3.8, 4) is 0 Å². The van der Waals surface area contributed by atoms with Gasteiger partial charge in [0.1, 0.15) is 0 Å². The molecule has 1 N–H and O–H groups in total. The van der Waals surface area contributed by atoms with E-state index in [1.165, 1.54) is 0 Å². The topological polar surface area (TPSA) is 25.2 Å². The Hall–Kier alpha value is -0.990. The van der Waals surface area contributed by atoms with E-state index in [0.717, 1.165) is 21.6 Å². The Labute approximate surface area is 107 Å². The summed E-state index contributed by atoms with van der Waals surface area (Å²) in [6.07, 6.45) is 0.319. The van der Waals surface area contributed by atoms with Crippen LogP contribution in [0.2, 0.25) is 5.02 Å². The maximum Gasteiger partial charge on any atom is 0.0566 e. The third-order valence-electron chi connectivity index (χ3n) is 2.93. The summed E-state index contributed by atoms with van der Waals surface area (Å²) in [7, 11) is 0. The molecule has 0 fully saturated rings. The first-order valence-electron chi connectivity index (χ1n) is 5.97. The molecule has 2 nitrogen and oxygen atoms in total. The summed E-state index contributed by atoms with van der Waals surface area (Å²) in [4.78, 5) is 0. The zero-order valence-corrected chi connectivity index (χ0v) is 11.2. The average molecular weight is 252 g/mol. The van der Waals surface area contributed by atoms with Gasteiger partial charge in [-0.2, -0.15) is 0 Å². The van der Waals surface area contributed by atoms with Gasteiger partial charge in [-0.3, -0.25) is 0 Å². The Balaban J connectivity index is 2.66. The van der Waals surface area contributed by atoms with Crippen LogP contribution in [0, 0.1) is 0 Å². The van der Waals surface area contributed by atoms with Gasteiger partial charge in [0.15, 0.2) is 0 Å². The summed E-state index contributed by atoms with van der Waals surface area (Å²) in [5.41, 5.74) is 2.28. The van der Waals surface area contributed by atoms with E-state index in [2.05, 4.69) is 30.5 Å². The normalized spacial score (nSPS) is 13.5. The molecule has 92 valence electrons. The number of rotatable bonds is 3. The van der Waals surface area contributed by atoms with Crippen molar-refractivity contribution in [3.05, 3.63) is 35.0 Å². The van der Waals surface area contributed by atoms with Crippen molar-refractivity contribution < 1.29 is 5.11 Å². The minimum Gasteiger partial charge on any atom is -0.393 e. The third kappa shape index (κ3) is 2.33. The molecule has 0 radical (unpaired) electrons. The maximum absolute atomic E-state index is 9.56. The van der Waals surface area contributed by atoms with E-state index in [-0.39, 0.29) is 6.10 Å². The molecule has 0 aliphatic rings. The Kier molecular flexibility index (Phi) is 3.45. The zero-order valence-electron chi connectivity index (χ0n) is 10.4. The molecule has 1 aromatic carbocycles. The Morgan fingerprint density at radius 2 is 2.00 bits per heavy atom. The summed E-state index contributed by atoms with van der Waals surface area (Å²) in [6, 6.07) is 8.40. The molecule has 1 atom stereocenters. The lowest BCUT2D eigenvalue weighted by atomic mass is 10.2. The van der Waals surface area contributed by atoms with Crippen molar-refractivity contribution in [1.82, 2.24) is 4.57 Å². The molecular weight excluding hydrogens is 234 g/mol. The lowest BCUT2D eigenvalue weighted by molar-refractivity contribution is 0.192. The molecule has 2 aromatic rings. The van der Waals surface area contributed by atoms with Crippen molar-refractivity contribution in [2.24, 2.45) is 0 Å². The van der Waals surface area contributed by atoms with Gasteiger partial charge in [-0.1, -0.05) is 17.7 Å². The van der Waals surface area contributed by atoms with Crippen LogP contribution < -0.4 is 0 Å². The monoisotopic (exact) mass is 251 g/mol. The second-order valence-corrected chi connectivity index (χ2v) is 5.23. The van der Waals surface area contributed by atoms with Crippen LogP contribution in [0.25, 0.3) is 10.9 Å². The largest absolute Gasteiger partial charge is 0.393 e. The highest BCUT2D eigenvalue weighted by molar-refractivity contribution is 6.35. The van der Waals surface area contributed by atoms with E-state index in [1.807, 2.05) is 19.1 Å². The van der Waals surface area contributed by atoms with Crippen molar-refractivity contribution >= 4 is 22.5 Å². The molecule has 0 spiro atoms. The second kappa shape index (κ2) is 4.71. The summed E-state index contributed by atoms with van der Waals surface area (Å²) in [5, 5.41) is 11.4. The van der Waals surface area contributed by atoms with Gasteiger partial charge in [0.2, 0.25) is 0 Å². The first kappa shape index (κ1) is 12.5. The summed E-state index contributed by atoms with van der Waals surface area (Å²) >= 11 is 6.21. The van der Waals surface area contributed by atoms with Crippen LogP contribution in [0.3, 0.4) is 0 Å². The first-order valence-corrected chi connectivity index (χ1v) is 6.35. The molecule has 2 rings (SSSR count). The standard InChI is InChI=1S/C14H18ClNO/c1-9(2)16-11(7-10(3)17)8-12-13(15)5-4-6-14(12)16/h4-6,8-10,17H,7H2,1-3H3. The molecule has 1 unspecified atom stereocenters. The van der Waals surface area contributed by atoms with Crippen molar-refractivity contribution in [1.29, 1.82) is 0 Å². The Morgan fingerprint density at radius 1 is 1.29 bits per heavy atom. The molecule has 0 saturated heterocycles. The number of aliphatic hydroxyl groups excluding tert-OH is 1. The fourth-order valence-corrected chi connectivity index (χ4v) is 2.56. The number of aliphatic hydroxyl groups is 1. The van der Waals surface area contributed by atoms with Crippen LogP contribution in [0.5, 0.6) is 0 Å². The highest BCUT2D eigenvalue weighted by Crippen LogP contribution is 2.30. The number of aromatic nitrogens is 1. The van der Waals surface area contributed by atoms with Crippen molar-refractivity contribution in [2.75, 3.05) is 0 Å². The van der Waals surface area contributed by atoms with E-state index in [0.29, 0.717) is 12.5 Å². The van der Waals surface area contributed by atoms with Gasteiger partial charge in [0.25, 0.3) is 0 Å². The number of benzene rings is 1. The SMILES string of the molecule is CC(O)Cc1cc2c(Cl)cccc2n1C(C)C. The number of halogens is 1. The summed E-state index contributed by atoms with van der Waals surface area (Å²) < 4.78 is 2.24. The number of nitrogens with zero attached hydrogens (tertiary/aromatic N) is 1. The molecule has 17 heavy (non-hydrogen) atoms. The van der Waals surface area contributed by atoms with Gasteiger partial charge in [0.05, 0.1) is 6.10 Å². The number of hydrogen-bond acceptors (Lipinski definition) is 1. The van der Waals surface area contributed by atoms with Crippen LogP contribution >= 0.6 is 11.6 Å². The smallest absolute Gasteiger partial charge is 0.0566 e. The molecule has 3 heteroatoms. The molecule has 0 bridgehead atoms. The quantitative estimate of drug-likeness (QED) is 0.882. The predicted molar refractivity (Wildman–Crippen MR) is 72.7 cm³/mol. The summed E-state index contributed by atoms with van der Waals surface area (Å²) in [5.74, 6) is 0. The number of hydrogen-bond donors (Lipinski definition) is 1. The predicted octanol–water partition coefficient (Wildman–Crippen LogP) is 3.80. The Bertz CT molecular complexity index is 528. The molecule has 1 aromatic heterocycles. The molecular formula is C14H18ClNO. The second-order valence-electron chi connectivity index (χ2n) is 4.83. The van der Waals surface area contributed by atoms with E-state index in [1.54, 1.807) is 0 Å². The van der Waals surface area contributed by atoms with Crippen LogP contribution in [-0.2, 0) is 6.42 Å². The first-order chi connectivity index (χ1) is 8.00. The van der Waals surface area contributed by atoms with Gasteiger partial charge in [-0.25, -0.2) is 0 Å². The van der Waals surface area contributed by atoms with Crippen LogP contribution in [-0.4, -0.2) is 15.8 Å². The lowest BCUT2D eigenvalue weighted by Gasteiger charge is -2.15. The van der Waals surface area contributed by atoms with Gasteiger partial charge < -0.3 is 9.67 Å². The highest BCUT2D eigenvalue weighted by Gasteiger charge is 2.14. The van der Waals surface area contributed by atoms with Gasteiger partial charge in [-0.15, -0.1) is 0 Å². The molecule has 0 aliphatic carbocycles. The van der Waals surface area contributed by atoms with E-state index >= 15 is 0 Å². The van der Waals surface area contributed by atoms with Gasteiger partial charge in [-0.05, 0) is 39.0 Å². The van der Waals surface area contributed by atoms with Crippen LogP contribution in [0.1, 0.15) is 32.5 Å². The van der Waals surface area contributed by atoms with Crippen molar-refractivity contribution in [2.45, 2.75) is 39.3 Å². The average Bonchev–Trinajstić information content (AvgIpc) is 2.56. The maximum atomic E-state index is 9.56. The van der Waals surface area contributed by atoms with E-state index in [4.69, 9.17) is 11.6 Å².